The Bertz CT molecular complexity index is 337. The first-order valence-corrected chi connectivity index (χ1v) is 5.01. The van der Waals surface area contributed by atoms with Crippen LogP contribution >= 0.6 is 11.3 Å². The maximum atomic E-state index is 11.5. The number of amides is 1. The number of nitrogens with zero attached hydrogens (tertiary/aromatic N) is 1. The molecule has 5 nitrogen and oxygen atoms in total. The molecule has 14 heavy (non-hydrogen) atoms. The summed E-state index contributed by atoms with van der Waals surface area (Å²) in [6.07, 6.45) is 0. The van der Waals surface area contributed by atoms with Gasteiger partial charge in [0.25, 0.3) is 5.91 Å². The standard InChI is InChI=1S/C8H13N3O2S/c1-4(3-12)10-7(13)6-5(2)11-8(9)14-6/h4,12H,3H2,1-2H3,(H2,9,11)(H,10,13). The number of nitrogens with two attached hydrogens (primary N) is 1. The van der Waals surface area contributed by atoms with Gasteiger partial charge in [0, 0.05) is 6.04 Å². The van der Waals surface area contributed by atoms with E-state index in [0.717, 1.165) is 11.3 Å². The lowest BCUT2D eigenvalue weighted by molar-refractivity contribution is 0.0925. The van der Waals surface area contributed by atoms with Gasteiger partial charge in [-0.25, -0.2) is 4.98 Å². The van der Waals surface area contributed by atoms with E-state index in [9.17, 15) is 4.79 Å². The second-order valence-electron chi connectivity index (χ2n) is 3.02. The predicted octanol–water partition coefficient (Wildman–Crippen LogP) is 0.144. The minimum Gasteiger partial charge on any atom is -0.394 e. The summed E-state index contributed by atoms with van der Waals surface area (Å²) in [5.41, 5.74) is 6.08. The van der Waals surface area contributed by atoms with Crippen molar-refractivity contribution in [3.63, 3.8) is 0 Å². The normalized spacial score (nSPS) is 12.5. The van der Waals surface area contributed by atoms with Gasteiger partial charge in [-0.15, -0.1) is 0 Å². The number of rotatable bonds is 3. The molecule has 0 radical (unpaired) electrons. The Balaban J connectivity index is 2.74. The number of nitrogen functional groups attached to an aromatic ring is 1. The SMILES string of the molecule is Cc1nc(N)sc1C(=O)NC(C)CO. The van der Waals surface area contributed by atoms with Gasteiger partial charge in [-0.3, -0.25) is 4.79 Å². The number of thiazole rings is 1. The molecule has 78 valence electrons. The first kappa shape index (κ1) is 10.9. The van der Waals surface area contributed by atoms with E-state index in [-0.39, 0.29) is 18.6 Å². The minimum atomic E-state index is -0.259. The molecule has 0 fully saturated rings. The molecule has 4 N–H and O–H groups in total. The quantitative estimate of drug-likeness (QED) is 0.669. The van der Waals surface area contributed by atoms with Crippen LogP contribution in [0, 0.1) is 6.92 Å². The number of nitrogens with one attached hydrogen (secondary N) is 1. The van der Waals surface area contributed by atoms with Gasteiger partial charge in [0.15, 0.2) is 5.13 Å². The summed E-state index contributed by atoms with van der Waals surface area (Å²) in [7, 11) is 0. The second kappa shape index (κ2) is 4.39. The summed E-state index contributed by atoms with van der Waals surface area (Å²) in [5.74, 6) is -0.238. The lowest BCUT2D eigenvalue weighted by Crippen LogP contribution is -2.34. The van der Waals surface area contributed by atoms with E-state index in [1.807, 2.05) is 0 Å². The van der Waals surface area contributed by atoms with Crippen molar-refractivity contribution in [2.45, 2.75) is 19.9 Å². The number of carbonyl (C=O) groups is 1. The van der Waals surface area contributed by atoms with Crippen molar-refractivity contribution in [2.24, 2.45) is 0 Å². The van der Waals surface area contributed by atoms with Crippen LogP contribution in [-0.2, 0) is 0 Å². The zero-order chi connectivity index (χ0) is 10.7. The highest BCUT2D eigenvalue weighted by Gasteiger charge is 2.15. The Morgan fingerprint density at radius 2 is 2.43 bits per heavy atom. The molecule has 0 spiro atoms. The molecular formula is C8H13N3O2S. The highest BCUT2D eigenvalue weighted by atomic mass is 32.1. The summed E-state index contributed by atoms with van der Waals surface area (Å²) in [4.78, 5) is 16.0. The van der Waals surface area contributed by atoms with Crippen molar-refractivity contribution in [1.82, 2.24) is 10.3 Å². The van der Waals surface area contributed by atoms with Crippen molar-refractivity contribution in [3.8, 4) is 0 Å². The van der Waals surface area contributed by atoms with Crippen LogP contribution in [0.1, 0.15) is 22.3 Å². The average molecular weight is 215 g/mol. The van der Waals surface area contributed by atoms with Gasteiger partial charge in [0.2, 0.25) is 0 Å². The van der Waals surface area contributed by atoms with Crippen LogP contribution in [0.15, 0.2) is 0 Å². The van der Waals surface area contributed by atoms with Gasteiger partial charge in [-0.1, -0.05) is 11.3 Å². The number of aryl methyl sites for hydroxylation is 1. The molecule has 0 aliphatic carbocycles. The van der Waals surface area contributed by atoms with E-state index < -0.39 is 0 Å². The van der Waals surface area contributed by atoms with Crippen molar-refractivity contribution >= 4 is 22.4 Å². The summed E-state index contributed by atoms with van der Waals surface area (Å²) in [6.45, 7) is 3.36. The zero-order valence-electron chi connectivity index (χ0n) is 8.07. The summed E-state index contributed by atoms with van der Waals surface area (Å²) in [6, 6.07) is -0.259. The monoisotopic (exact) mass is 215 g/mol. The predicted molar refractivity (Wildman–Crippen MR) is 55.3 cm³/mol. The number of aliphatic hydroxyl groups excluding tert-OH is 1. The van der Waals surface area contributed by atoms with Crippen molar-refractivity contribution in [3.05, 3.63) is 10.6 Å². The van der Waals surface area contributed by atoms with Crippen molar-refractivity contribution < 1.29 is 9.90 Å². The molecule has 1 aromatic heterocycles. The van der Waals surface area contributed by atoms with Gasteiger partial charge < -0.3 is 16.2 Å². The molecule has 1 amide bonds. The molecule has 1 unspecified atom stereocenters. The van der Waals surface area contributed by atoms with Crippen LogP contribution in [0.3, 0.4) is 0 Å². The van der Waals surface area contributed by atoms with Crippen LogP contribution in [-0.4, -0.2) is 28.6 Å². The van der Waals surface area contributed by atoms with Gasteiger partial charge >= 0.3 is 0 Å². The first-order chi connectivity index (χ1) is 6.54. The zero-order valence-corrected chi connectivity index (χ0v) is 8.89. The molecule has 0 saturated heterocycles. The molecular weight excluding hydrogens is 202 g/mol. The summed E-state index contributed by atoms with van der Waals surface area (Å²) < 4.78 is 0. The lowest BCUT2D eigenvalue weighted by Gasteiger charge is -2.09. The van der Waals surface area contributed by atoms with E-state index in [4.69, 9.17) is 10.8 Å². The highest BCUT2D eigenvalue weighted by molar-refractivity contribution is 7.17. The summed E-state index contributed by atoms with van der Waals surface area (Å²) >= 11 is 1.15. The fraction of sp³-hybridized carbons (Fsp3) is 0.500. The third-order valence-corrected chi connectivity index (χ3v) is 2.66. The third-order valence-electron chi connectivity index (χ3n) is 1.67. The topological polar surface area (TPSA) is 88.2 Å². The molecule has 0 aliphatic rings. The number of hydrogen-bond acceptors (Lipinski definition) is 5. The molecule has 1 aromatic rings. The number of anilines is 1. The average Bonchev–Trinajstić information content (AvgIpc) is 2.45. The van der Waals surface area contributed by atoms with Gasteiger partial charge in [-0.05, 0) is 13.8 Å². The van der Waals surface area contributed by atoms with E-state index in [0.29, 0.717) is 15.7 Å². The van der Waals surface area contributed by atoms with Crippen molar-refractivity contribution in [2.75, 3.05) is 12.3 Å². The first-order valence-electron chi connectivity index (χ1n) is 4.19. The highest BCUT2D eigenvalue weighted by Crippen LogP contribution is 2.19. The second-order valence-corrected chi connectivity index (χ2v) is 4.05. The Morgan fingerprint density at radius 1 is 1.79 bits per heavy atom. The molecule has 0 bridgehead atoms. The minimum absolute atomic E-state index is 0.0843. The van der Waals surface area contributed by atoms with Crippen LogP contribution < -0.4 is 11.1 Å². The van der Waals surface area contributed by atoms with Gasteiger partial charge in [0.1, 0.15) is 4.88 Å². The molecule has 1 atom stereocenters. The fourth-order valence-corrected chi connectivity index (χ4v) is 1.70. The van der Waals surface area contributed by atoms with Crippen LogP contribution in [0.2, 0.25) is 0 Å². The molecule has 1 heterocycles. The Kier molecular flexibility index (Phi) is 3.43. The van der Waals surface area contributed by atoms with Gasteiger partial charge in [0.05, 0.1) is 12.3 Å². The number of aromatic nitrogens is 1. The van der Waals surface area contributed by atoms with E-state index in [2.05, 4.69) is 10.3 Å². The molecule has 0 aliphatic heterocycles. The Hall–Kier alpha value is -1.14. The van der Waals surface area contributed by atoms with Crippen LogP contribution in [0.4, 0.5) is 5.13 Å². The Labute approximate surface area is 86.0 Å². The summed E-state index contributed by atoms with van der Waals surface area (Å²) in [5, 5.41) is 11.8. The molecule has 6 heteroatoms. The Morgan fingerprint density at radius 3 is 2.86 bits per heavy atom. The smallest absolute Gasteiger partial charge is 0.263 e. The third kappa shape index (κ3) is 2.43. The maximum absolute atomic E-state index is 11.5. The molecule has 0 aromatic carbocycles. The lowest BCUT2D eigenvalue weighted by atomic mass is 10.3. The van der Waals surface area contributed by atoms with Crippen LogP contribution in [0.5, 0.6) is 0 Å². The van der Waals surface area contributed by atoms with E-state index in [1.165, 1.54) is 0 Å². The largest absolute Gasteiger partial charge is 0.394 e. The number of hydrogen-bond donors (Lipinski definition) is 3. The number of aliphatic hydroxyl groups is 1. The van der Waals surface area contributed by atoms with E-state index >= 15 is 0 Å². The van der Waals surface area contributed by atoms with Crippen molar-refractivity contribution in [1.29, 1.82) is 0 Å². The fourth-order valence-electron chi connectivity index (χ4n) is 0.963. The maximum Gasteiger partial charge on any atom is 0.263 e. The van der Waals surface area contributed by atoms with Gasteiger partial charge in [-0.2, -0.15) is 0 Å². The molecule has 1 rings (SSSR count). The molecule has 0 saturated carbocycles. The number of carbonyl (C=O) groups excluding carboxylic acids is 1. The van der Waals surface area contributed by atoms with E-state index in [1.54, 1.807) is 13.8 Å². The van der Waals surface area contributed by atoms with Crippen LogP contribution in [0.25, 0.3) is 0 Å².